The number of benzene rings is 2. The Morgan fingerprint density at radius 3 is 2.25 bits per heavy atom. The van der Waals surface area contributed by atoms with Gasteiger partial charge in [0.25, 0.3) is 5.91 Å². The van der Waals surface area contributed by atoms with Crippen LogP contribution < -0.4 is 21.7 Å². The number of hydrogen-bond acceptors (Lipinski definition) is 8. The number of anilines is 3. The van der Waals surface area contributed by atoms with Crippen LogP contribution in [0, 0.1) is 15.9 Å². The molecule has 3 rings (SSSR count). The van der Waals surface area contributed by atoms with Gasteiger partial charge in [-0.3, -0.25) is 36.6 Å². The van der Waals surface area contributed by atoms with Crippen molar-refractivity contribution in [1.82, 2.24) is 15.4 Å². The van der Waals surface area contributed by atoms with Crippen molar-refractivity contribution < 1.29 is 14.1 Å². The lowest BCUT2D eigenvalue weighted by Crippen LogP contribution is -2.31. The Morgan fingerprint density at radius 1 is 0.929 bits per heavy atom. The van der Waals surface area contributed by atoms with Crippen molar-refractivity contribution in [2.45, 2.75) is 0 Å². The van der Waals surface area contributed by atoms with Gasteiger partial charge in [-0.25, -0.2) is 14.4 Å². The molecule has 142 valence electrons. The van der Waals surface area contributed by atoms with Crippen LogP contribution in [0.15, 0.2) is 60.9 Å². The maximum atomic E-state index is 13.7. The highest BCUT2D eigenvalue weighted by molar-refractivity contribution is 5.95. The van der Waals surface area contributed by atoms with Gasteiger partial charge < -0.3 is 0 Å². The summed E-state index contributed by atoms with van der Waals surface area (Å²) in [7, 11) is 0. The molecule has 28 heavy (non-hydrogen) atoms. The van der Waals surface area contributed by atoms with Gasteiger partial charge in [0.15, 0.2) is 0 Å². The van der Waals surface area contributed by atoms with E-state index in [9.17, 15) is 19.3 Å². The smallest absolute Gasteiger partial charge is 0.299 e. The topological polar surface area (TPSA) is 134 Å². The monoisotopic (exact) mass is 383 g/mol. The highest BCUT2D eigenvalue weighted by Crippen LogP contribution is 2.28. The molecule has 0 fully saturated rings. The summed E-state index contributed by atoms with van der Waals surface area (Å²) in [5.41, 5.74) is 9.82. The number of carbonyl (C=O) groups excluding carboxylic acids is 1. The minimum absolute atomic E-state index is 0.133. The number of nitro groups is 1. The first-order valence-corrected chi connectivity index (χ1v) is 7.93. The fraction of sp³-hybridized carbons (Fsp3) is 0. The van der Waals surface area contributed by atoms with Crippen molar-refractivity contribution in [1.29, 1.82) is 0 Å². The number of nitrogens with one attached hydrogen (secondary N) is 4. The van der Waals surface area contributed by atoms with Crippen LogP contribution in [-0.2, 0) is 0 Å². The zero-order valence-corrected chi connectivity index (χ0v) is 14.2. The summed E-state index contributed by atoms with van der Waals surface area (Å²) in [5.74, 6) is -1.95. The van der Waals surface area contributed by atoms with E-state index < -0.39 is 22.3 Å². The van der Waals surface area contributed by atoms with Crippen molar-refractivity contribution in [2.75, 3.05) is 16.3 Å². The van der Waals surface area contributed by atoms with Crippen LogP contribution in [0.3, 0.4) is 0 Å². The standard InChI is InChI=1S/C17H14FN7O3/c18-13-9-5-4-8-12(13)17(26)24-23-16-14(25(27)28)15(19-10-20-16)22-21-11-6-2-1-3-7-11/h1-10,21H,(H,24,26)(H2,19,20,22,23). The average molecular weight is 383 g/mol. The maximum absolute atomic E-state index is 13.7. The molecule has 0 aliphatic rings. The number of rotatable bonds is 7. The van der Waals surface area contributed by atoms with Gasteiger partial charge in [-0.15, -0.1) is 0 Å². The van der Waals surface area contributed by atoms with Crippen LogP contribution in [0.1, 0.15) is 10.4 Å². The summed E-state index contributed by atoms with van der Waals surface area (Å²) in [5, 5.41) is 11.5. The number of halogens is 1. The molecule has 2 aromatic carbocycles. The molecule has 0 radical (unpaired) electrons. The summed E-state index contributed by atoms with van der Waals surface area (Å²) in [4.78, 5) is 30.4. The lowest BCUT2D eigenvalue weighted by Gasteiger charge is -2.12. The number of carbonyl (C=O) groups is 1. The van der Waals surface area contributed by atoms with Crippen molar-refractivity contribution >= 4 is 28.9 Å². The number of hydrazine groups is 2. The van der Waals surface area contributed by atoms with Crippen LogP contribution in [-0.4, -0.2) is 20.8 Å². The molecule has 0 aliphatic heterocycles. The maximum Gasteiger partial charge on any atom is 0.356 e. The summed E-state index contributed by atoms with van der Waals surface area (Å²) in [6.45, 7) is 0. The van der Waals surface area contributed by atoms with E-state index in [-0.39, 0.29) is 17.2 Å². The van der Waals surface area contributed by atoms with Crippen LogP contribution in [0.2, 0.25) is 0 Å². The van der Waals surface area contributed by atoms with E-state index in [1.165, 1.54) is 18.2 Å². The molecule has 0 unspecified atom stereocenters. The van der Waals surface area contributed by atoms with E-state index in [2.05, 4.69) is 31.7 Å². The predicted molar refractivity (Wildman–Crippen MR) is 99.9 cm³/mol. The third kappa shape index (κ3) is 4.27. The molecule has 0 aliphatic carbocycles. The van der Waals surface area contributed by atoms with E-state index in [1.807, 2.05) is 6.07 Å². The second kappa shape index (κ2) is 8.40. The molecule has 0 bridgehead atoms. The fourth-order valence-electron chi connectivity index (χ4n) is 2.22. The highest BCUT2D eigenvalue weighted by Gasteiger charge is 2.24. The molecular weight excluding hydrogens is 369 g/mol. The normalized spacial score (nSPS) is 10.0. The molecule has 1 amide bonds. The molecule has 3 aromatic rings. The molecule has 0 saturated heterocycles. The lowest BCUT2D eigenvalue weighted by atomic mass is 10.2. The number of amides is 1. The molecule has 1 heterocycles. The Labute approximate surface area is 157 Å². The van der Waals surface area contributed by atoms with E-state index in [1.54, 1.807) is 24.3 Å². The quantitative estimate of drug-likeness (QED) is 0.361. The van der Waals surface area contributed by atoms with E-state index in [0.717, 1.165) is 12.4 Å². The van der Waals surface area contributed by atoms with Gasteiger partial charge in [-0.1, -0.05) is 30.3 Å². The van der Waals surface area contributed by atoms with Gasteiger partial charge in [0, 0.05) is 0 Å². The average Bonchev–Trinajstić information content (AvgIpc) is 2.71. The van der Waals surface area contributed by atoms with Crippen molar-refractivity contribution in [3.8, 4) is 0 Å². The fourth-order valence-corrected chi connectivity index (χ4v) is 2.22. The number of para-hydroxylation sites is 1. The third-order valence-corrected chi connectivity index (χ3v) is 3.52. The second-order valence-corrected chi connectivity index (χ2v) is 5.35. The zero-order chi connectivity index (χ0) is 19.9. The van der Waals surface area contributed by atoms with Gasteiger partial charge in [-0.2, -0.15) is 0 Å². The molecule has 0 saturated carbocycles. The van der Waals surface area contributed by atoms with Crippen molar-refractivity contribution in [3.05, 3.63) is 82.4 Å². The first kappa shape index (κ1) is 18.5. The second-order valence-electron chi connectivity index (χ2n) is 5.35. The van der Waals surface area contributed by atoms with Crippen LogP contribution >= 0.6 is 0 Å². The van der Waals surface area contributed by atoms with Crippen LogP contribution in [0.4, 0.5) is 27.4 Å². The minimum atomic E-state index is -0.817. The van der Waals surface area contributed by atoms with Gasteiger partial charge in [0.05, 0.1) is 16.2 Å². The summed E-state index contributed by atoms with van der Waals surface area (Å²) >= 11 is 0. The number of hydrogen-bond donors (Lipinski definition) is 4. The molecule has 0 spiro atoms. The van der Waals surface area contributed by atoms with Crippen molar-refractivity contribution in [3.63, 3.8) is 0 Å². The largest absolute Gasteiger partial charge is 0.356 e. The predicted octanol–water partition coefficient (Wildman–Crippen LogP) is 2.72. The first-order valence-electron chi connectivity index (χ1n) is 7.93. The summed E-state index contributed by atoms with van der Waals surface area (Å²) < 4.78 is 13.7. The molecule has 10 nitrogen and oxygen atoms in total. The van der Waals surface area contributed by atoms with Crippen LogP contribution in [0.5, 0.6) is 0 Å². The summed E-state index contributed by atoms with van der Waals surface area (Å²) in [6, 6.07) is 14.2. The molecule has 11 heteroatoms. The minimum Gasteiger partial charge on any atom is -0.299 e. The van der Waals surface area contributed by atoms with Gasteiger partial charge in [0.2, 0.25) is 11.6 Å². The Kier molecular flexibility index (Phi) is 5.55. The first-order chi connectivity index (χ1) is 13.6. The molecule has 4 N–H and O–H groups in total. The summed E-state index contributed by atoms with van der Waals surface area (Å²) in [6.07, 6.45) is 1.07. The molecular formula is C17H14FN7O3. The van der Waals surface area contributed by atoms with E-state index in [0.29, 0.717) is 5.69 Å². The number of nitrogens with zero attached hydrogens (tertiary/aromatic N) is 3. The lowest BCUT2D eigenvalue weighted by molar-refractivity contribution is -0.383. The Hall–Kier alpha value is -4.28. The Bertz CT molecular complexity index is 1000. The van der Waals surface area contributed by atoms with E-state index in [4.69, 9.17) is 0 Å². The van der Waals surface area contributed by atoms with Gasteiger partial charge in [0.1, 0.15) is 12.1 Å². The van der Waals surface area contributed by atoms with Gasteiger partial charge >= 0.3 is 5.69 Å². The third-order valence-electron chi connectivity index (χ3n) is 3.52. The SMILES string of the molecule is O=C(NNc1ncnc(NNc2ccccc2)c1[N+](=O)[O-])c1ccccc1F. The number of aromatic nitrogens is 2. The Balaban J connectivity index is 1.76. The highest BCUT2D eigenvalue weighted by atomic mass is 19.1. The van der Waals surface area contributed by atoms with E-state index >= 15 is 0 Å². The molecule has 0 atom stereocenters. The zero-order valence-electron chi connectivity index (χ0n) is 14.2. The van der Waals surface area contributed by atoms with Crippen LogP contribution in [0.25, 0.3) is 0 Å². The molecule has 1 aromatic heterocycles. The van der Waals surface area contributed by atoms with Crippen molar-refractivity contribution in [2.24, 2.45) is 0 Å². The van der Waals surface area contributed by atoms with Gasteiger partial charge in [-0.05, 0) is 24.3 Å². The Morgan fingerprint density at radius 2 is 1.57 bits per heavy atom.